The molecule has 2 fully saturated rings. The standard InChI is InChI=1S/C14H27N3O4S/c1-22(19,20)17(8-7-15-9-11-21-12-10-15)13-14(18)16-5-3-2-4-6-16/h2-13H2,1H3. The summed E-state index contributed by atoms with van der Waals surface area (Å²) in [5, 5.41) is 0. The van der Waals surface area contributed by atoms with Crippen LogP contribution in [0.15, 0.2) is 0 Å². The van der Waals surface area contributed by atoms with Gasteiger partial charge in [-0.3, -0.25) is 9.69 Å². The van der Waals surface area contributed by atoms with Crippen molar-refractivity contribution in [1.29, 1.82) is 0 Å². The van der Waals surface area contributed by atoms with E-state index < -0.39 is 10.0 Å². The van der Waals surface area contributed by atoms with Gasteiger partial charge in [0.2, 0.25) is 15.9 Å². The van der Waals surface area contributed by atoms with Gasteiger partial charge in [-0.25, -0.2) is 8.42 Å². The van der Waals surface area contributed by atoms with Gasteiger partial charge in [-0.1, -0.05) is 0 Å². The Kier molecular flexibility index (Phi) is 6.61. The number of carbonyl (C=O) groups is 1. The van der Waals surface area contributed by atoms with Gasteiger partial charge in [0, 0.05) is 39.3 Å². The number of amides is 1. The monoisotopic (exact) mass is 333 g/mol. The summed E-state index contributed by atoms with van der Waals surface area (Å²) >= 11 is 0. The van der Waals surface area contributed by atoms with Crippen LogP contribution in [0.4, 0.5) is 0 Å². The molecule has 2 saturated heterocycles. The lowest BCUT2D eigenvalue weighted by atomic mass is 10.1. The average molecular weight is 333 g/mol. The fraction of sp³-hybridized carbons (Fsp3) is 0.929. The topological polar surface area (TPSA) is 70.2 Å². The first-order valence-corrected chi connectivity index (χ1v) is 9.84. The number of hydrogen-bond donors (Lipinski definition) is 0. The highest BCUT2D eigenvalue weighted by molar-refractivity contribution is 7.88. The molecule has 0 atom stereocenters. The Hall–Kier alpha value is -0.700. The summed E-state index contributed by atoms with van der Waals surface area (Å²) < 4.78 is 30.5. The van der Waals surface area contributed by atoms with E-state index in [0.29, 0.717) is 26.3 Å². The van der Waals surface area contributed by atoms with Crippen molar-refractivity contribution in [3.05, 3.63) is 0 Å². The first-order valence-electron chi connectivity index (χ1n) is 8.00. The van der Waals surface area contributed by atoms with E-state index in [0.717, 1.165) is 45.4 Å². The Morgan fingerprint density at radius 3 is 2.32 bits per heavy atom. The molecule has 0 radical (unpaired) electrons. The molecule has 0 bridgehead atoms. The van der Waals surface area contributed by atoms with Crippen LogP contribution in [0.5, 0.6) is 0 Å². The van der Waals surface area contributed by atoms with E-state index in [1.165, 1.54) is 10.6 Å². The summed E-state index contributed by atoms with van der Waals surface area (Å²) in [4.78, 5) is 16.3. The largest absolute Gasteiger partial charge is 0.379 e. The molecule has 0 saturated carbocycles. The van der Waals surface area contributed by atoms with Gasteiger partial charge in [0.25, 0.3) is 0 Å². The quantitative estimate of drug-likeness (QED) is 0.661. The SMILES string of the molecule is CS(=O)(=O)N(CCN1CCOCC1)CC(=O)N1CCCCC1. The van der Waals surface area contributed by atoms with Crippen LogP contribution in [0.3, 0.4) is 0 Å². The fourth-order valence-electron chi connectivity index (χ4n) is 2.83. The van der Waals surface area contributed by atoms with Gasteiger partial charge in [-0.15, -0.1) is 0 Å². The second-order valence-corrected chi connectivity index (χ2v) is 7.97. The van der Waals surface area contributed by atoms with Crippen molar-refractivity contribution in [3.63, 3.8) is 0 Å². The number of piperidine rings is 1. The Morgan fingerprint density at radius 2 is 1.73 bits per heavy atom. The third kappa shape index (κ3) is 5.49. The van der Waals surface area contributed by atoms with E-state index in [2.05, 4.69) is 4.90 Å². The summed E-state index contributed by atoms with van der Waals surface area (Å²) in [6.45, 7) is 5.47. The summed E-state index contributed by atoms with van der Waals surface area (Å²) in [7, 11) is -3.37. The van der Waals surface area contributed by atoms with Crippen LogP contribution in [0, 0.1) is 0 Å². The zero-order chi connectivity index (χ0) is 16.0. The highest BCUT2D eigenvalue weighted by atomic mass is 32.2. The van der Waals surface area contributed by atoms with Crippen LogP contribution >= 0.6 is 0 Å². The maximum atomic E-state index is 12.3. The van der Waals surface area contributed by atoms with Crippen molar-refractivity contribution in [2.24, 2.45) is 0 Å². The number of ether oxygens (including phenoxy) is 1. The first-order chi connectivity index (χ1) is 10.5. The van der Waals surface area contributed by atoms with E-state index in [1.807, 2.05) is 0 Å². The minimum atomic E-state index is -3.37. The number of hydrogen-bond acceptors (Lipinski definition) is 5. The summed E-state index contributed by atoms with van der Waals surface area (Å²) in [6, 6.07) is 0. The molecule has 2 aliphatic heterocycles. The van der Waals surface area contributed by atoms with Gasteiger partial charge in [0.1, 0.15) is 0 Å². The maximum Gasteiger partial charge on any atom is 0.237 e. The third-order valence-corrected chi connectivity index (χ3v) is 5.51. The molecule has 0 aliphatic carbocycles. The van der Waals surface area contributed by atoms with Gasteiger partial charge in [-0.05, 0) is 19.3 Å². The molecule has 2 rings (SSSR count). The molecule has 0 N–H and O–H groups in total. The van der Waals surface area contributed by atoms with Gasteiger partial charge in [0.05, 0.1) is 26.0 Å². The molecule has 1 amide bonds. The maximum absolute atomic E-state index is 12.3. The summed E-state index contributed by atoms with van der Waals surface area (Å²) in [5.74, 6) is -0.0768. The second kappa shape index (κ2) is 8.24. The lowest BCUT2D eigenvalue weighted by molar-refractivity contribution is -0.132. The molecule has 0 spiro atoms. The fourth-order valence-corrected chi connectivity index (χ4v) is 3.59. The molecule has 0 aromatic heterocycles. The summed E-state index contributed by atoms with van der Waals surface area (Å²) in [6.07, 6.45) is 4.35. The van der Waals surface area contributed by atoms with Crippen molar-refractivity contribution in [2.45, 2.75) is 19.3 Å². The van der Waals surface area contributed by atoms with E-state index in [1.54, 1.807) is 4.90 Å². The van der Waals surface area contributed by atoms with Gasteiger partial charge in [-0.2, -0.15) is 4.31 Å². The number of sulfonamides is 1. The van der Waals surface area contributed by atoms with E-state index in [9.17, 15) is 13.2 Å². The number of morpholine rings is 1. The van der Waals surface area contributed by atoms with Crippen LogP contribution in [-0.4, -0.2) is 93.7 Å². The molecule has 7 nitrogen and oxygen atoms in total. The Bertz CT molecular complexity index is 457. The van der Waals surface area contributed by atoms with Crippen LogP contribution in [0.25, 0.3) is 0 Å². The number of likely N-dealkylation sites (tertiary alicyclic amines) is 1. The Labute approximate surface area is 133 Å². The average Bonchev–Trinajstić information content (AvgIpc) is 2.52. The van der Waals surface area contributed by atoms with Crippen LogP contribution in [-0.2, 0) is 19.6 Å². The summed E-state index contributed by atoms with van der Waals surface area (Å²) in [5.41, 5.74) is 0. The van der Waals surface area contributed by atoms with Gasteiger partial charge >= 0.3 is 0 Å². The molecule has 0 aromatic carbocycles. The normalized spacial score (nSPS) is 21.3. The molecule has 2 heterocycles. The molecule has 22 heavy (non-hydrogen) atoms. The minimum absolute atomic E-state index is 0.0385. The van der Waals surface area contributed by atoms with Crippen molar-refractivity contribution in [2.75, 3.05) is 65.3 Å². The second-order valence-electron chi connectivity index (χ2n) is 5.99. The van der Waals surface area contributed by atoms with Crippen LogP contribution < -0.4 is 0 Å². The molecular formula is C14H27N3O4S. The molecule has 8 heteroatoms. The van der Waals surface area contributed by atoms with E-state index in [-0.39, 0.29) is 12.5 Å². The Balaban J connectivity index is 1.86. The lowest BCUT2D eigenvalue weighted by Crippen LogP contribution is -2.47. The molecule has 2 aliphatic rings. The molecular weight excluding hydrogens is 306 g/mol. The van der Waals surface area contributed by atoms with Crippen LogP contribution in [0.2, 0.25) is 0 Å². The first kappa shape index (κ1) is 17.7. The van der Waals surface area contributed by atoms with E-state index in [4.69, 9.17) is 4.74 Å². The zero-order valence-electron chi connectivity index (χ0n) is 13.4. The minimum Gasteiger partial charge on any atom is -0.379 e. The van der Waals surface area contributed by atoms with Gasteiger partial charge in [0.15, 0.2) is 0 Å². The Morgan fingerprint density at radius 1 is 1.09 bits per heavy atom. The molecule has 0 unspecified atom stereocenters. The van der Waals surface area contributed by atoms with Crippen molar-refractivity contribution in [1.82, 2.24) is 14.1 Å². The third-order valence-electron chi connectivity index (χ3n) is 4.26. The van der Waals surface area contributed by atoms with Gasteiger partial charge < -0.3 is 9.64 Å². The predicted molar refractivity (Wildman–Crippen MR) is 84.1 cm³/mol. The number of nitrogens with zero attached hydrogens (tertiary/aromatic N) is 3. The number of carbonyl (C=O) groups excluding carboxylic acids is 1. The zero-order valence-corrected chi connectivity index (χ0v) is 14.2. The van der Waals surface area contributed by atoms with Crippen molar-refractivity contribution in [3.8, 4) is 0 Å². The highest BCUT2D eigenvalue weighted by Crippen LogP contribution is 2.10. The van der Waals surface area contributed by atoms with Crippen molar-refractivity contribution < 1.29 is 17.9 Å². The highest BCUT2D eigenvalue weighted by Gasteiger charge is 2.25. The molecule has 128 valence electrons. The lowest BCUT2D eigenvalue weighted by Gasteiger charge is -2.31. The van der Waals surface area contributed by atoms with Crippen LogP contribution in [0.1, 0.15) is 19.3 Å². The smallest absolute Gasteiger partial charge is 0.237 e. The van der Waals surface area contributed by atoms with Crippen molar-refractivity contribution >= 4 is 15.9 Å². The predicted octanol–water partition coefficient (Wildman–Crippen LogP) is -0.407. The van der Waals surface area contributed by atoms with E-state index >= 15 is 0 Å². The number of rotatable bonds is 6. The molecule has 0 aromatic rings.